The molecule has 0 amide bonds. The Morgan fingerprint density at radius 3 is 0.756 bits per heavy atom. The highest BCUT2D eigenvalue weighted by molar-refractivity contribution is 4.85. The molecule has 0 radical (unpaired) electrons. The third-order valence-electron chi connectivity index (χ3n) is 19.0. The van der Waals surface area contributed by atoms with Crippen LogP contribution >= 0.6 is 0 Å². The highest BCUT2D eigenvalue weighted by Gasteiger charge is 2.31. The van der Waals surface area contributed by atoms with Gasteiger partial charge in [-0.3, -0.25) is 19.6 Å². The second-order valence-electron chi connectivity index (χ2n) is 33.7. The van der Waals surface area contributed by atoms with Crippen LogP contribution in [0.1, 0.15) is 282 Å². The zero-order chi connectivity index (χ0) is 59.5. The highest BCUT2D eigenvalue weighted by Crippen LogP contribution is 2.41. The van der Waals surface area contributed by atoms with Crippen LogP contribution in [-0.4, -0.2) is 146 Å². The molecule has 2 saturated carbocycles. The van der Waals surface area contributed by atoms with Gasteiger partial charge < -0.3 is 21.3 Å². The van der Waals surface area contributed by atoms with Gasteiger partial charge in [0.2, 0.25) is 0 Å². The molecule has 6 aliphatic heterocycles. The van der Waals surface area contributed by atoms with Crippen LogP contribution in [0, 0.1) is 45.3 Å². The van der Waals surface area contributed by atoms with E-state index in [4.69, 9.17) is 0 Å². The van der Waals surface area contributed by atoms with Crippen molar-refractivity contribution < 1.29 is 0 Å². The number of rotatable bonds is 0. The molecule has 1 unspecified atom stereocenters. The van der Waals surface area contributed by atoms with Crippen LogP contribution < -0.4 is 21.3 Å². The fourth-order valence-electron chi connectivity index (χ4n) is 12.3. The predicted molar refractivity (Wildman–Crippen MR) is 352 cm³/mol. The summed E-state index contributed by atoms with van der Waals surface area (Å²) in [5, 5.41) is 13.6. The third kappa shape index (κ3) is 35.1. The number of likely N-dealkylation sites (tertiary alicyclic amines) is 2. The Kier molecular flexibility index (Phi) is 35.4. The zero-order valence-electron chi connectivity index (χ0n) is 58.1. The standard InChI is InChI=1S/C10H20.C9H20N2.3C9H19N.C8H18N2.C8H17N.C8H16/c1-10(2,3)9-7-5-4-6-8-9;1-9(2,3)11-7-4-5-10-6-8-11;1-9(2,3)8-4-6-10-7-5-8;1-9(2,3)8-5-4-6-10-7-8;1-9(2,3)10-7-5-4-6-8-10;1-8(2,3)10-6-4-9-5-7-10;1-8(2,3)9-6-4-5-7-9;1-8(2,3)7-5-4-6-7/h9H,4-8H2,1-3H3;10H,4-8H2,1-3H3;2*8,10H,4-7H2,1-3H3;4-8H2,1-3H3;9H,4-7H2,1-3H3;4-7H2,1-3H3;7H,4-6H2,1-3H3. The minimum Gasteiger partial charge on any atom is -0.317 e. The molecule has 6 heterocycles. The van der Waals surface area contributed by atoms with Gasteiger partial charge in [0, 0.05) is 61.4 Å². The summed E-state index contributed by atoms with van der Waals surface area (Å²) in [4.78, 5) is 10.2. The Hall–Kier alpha value is -0.320. The lowest BCUT2D eigenvalue weighted by Crippen LogP contribution is -2.51. The number of nitrogens with zero attached hydrogens (tertiary/aromatic N) is 4. The zero-order valence-corrected chi connectivity index (χ0v) is 58.1. The molecule has 2 aliphatic carbocycles. The van der Waals surface area contributed by atoms with Crippen molar-refractivity contribution >= 4 is 0 Å². The molecule has 8 aliphatic rings. The van der Waals surface area contributed by atoms with E-state index in [0.717, 1.165) is 43.3 Å². The van der Waals surface area contributed by atoms with Gasteiger partial charge in [-0.15, -0.1) is 0 Å². The van der Waals surface area contributed by atoms with Gasteiger partial charge in [0.25, 0.3) is 0 Å². The van der Waals surface area contributed by atoms with Crippen molar-refractivity contribution in [2.75, 3.05) is 105 Å². The van der Waals surface area contributed by atoms with Crippen LogP contribution in [0.4, 0.5) is 0 Å². The Morgan fingerprint density at radius 1 is 0.218 bits per heavy atom. The molecular formula is C70H148N8. The molecule has 78 heavy (non-hydrogen) atoms. The molecule has 6 saturated heterocycles. The SMILES string of the molecule is CC(C)(C)C1CCC1.CC(C)(C)C1CCCCC1.CC(C)(C)C1CCCNC1.CC(C)(C)C1CCNCC1.CC(C)(C)N1CCCC1.CC(C)(C)N1CCCCC1.CC(C)(C)N1CCCNCC1.CC(C)(C)N1CCNCC1. The van der Waals surface area contributed by atoms with E-state index in [9.17, 15) is 0 Å². The van der Waals surface area contributed by atoms with E-state index in [-0.39, 0.29) is 0 Å². The average molecular weight is 1100 g/mol. The second-order valence-corrected chi connectivity index (χ2v) is 33.7. The third-order valence-corrected chi connectivity index (χ3v) is 19.0. The van der Waals surface area contributed by atoms with Gasteiger partial charge in [0.05, 0.1) is 0 Å². The fraction of sp³-hybridized carbons (Fsp3) is 1.00. The molecule has 0 bridgehead atoms. The molecule has 4 N–H and O–H groups in total. The second kappa shape index (κ2) is 36.5. The van der Waals surface area contributed by atoms with E-state index in [1.54, 1.807) is 0 Å². The van der Waals surface area contributed by atoms with Gasteiger partial charge in [-0.25, -0.2) is 0 Å². The molecule has 8 heteroatoms. The summed E-state index contributed by atoms with van der Waals surface area (Å²) in [6.45, 7) is 75.3. The summed E-state index contributed by atoms with van der Waals surface area (Å²) in [5.74, 6) is 3.86. The molecular weight excluding hydrogens is 953 g/mol. The van der Waals surface area contributed by atoms with Crippen LogP contribution in [-0.2, 0) is 0 Å². The summed E-state index contributed by atoms with van der Waals surface area (Å²) < 4.78 is 0. The molecule has 0 spiro atoms. The topological polar surface area (TPSA) is 61.1 Å². The van der Waals surface area contributed by atoms with E-state index in [2.05, 4.69) is 207 Å². The average Bonchev–Trinajstić information content (AvgIpc) is 3.75. The number of hydrogen-bond donors (Lipinski definition) is 4. The number of nitrogens with one attached hydrogen (secondary N) is 4. The Bertz CT molecular complexity index is 1240. The molecule has 0 aromatic rings. The summed E-state index contributed by atoms with van der Waals surface area (Å²) >= 11 is 0. The first kappa shape index (κ1) is 75.7. The van der Waals surface area contributed by atoms with Crippen molar-refractivity contribution in [1.29, 1.82) is 0 Å². The van der Waals surface area contributed by atoms with Gasteiger partial charge in [0.1, 0.15) is 0 Å². The molecule has 1 atom stereocenters. The Morgan fingerprint density at radius 2 is 0.487 bits per heavy atom. The minimum absolute atomic E-state index is 0.353. The van der Waals surface area contributed by atoms with E-state index < -0.39 is 0 Å². The lowest BCUT2D eigenvalue weighted by atomic mass is 9.69. The lowest BCUT2D eigenvalue weighted by Gasteiger charge is -2.38. The molecule has 8 nitrogen and oxygen atoms in total. The summed E-state index contributed by atoms with van der Waals surface area (Å²) in [7, 11) is 0. The lowest BCUT2D eigenvalue weighted by molar-refractivity contribution is 0.111. The summed E-state index contributed by atoms with van der Waals surface area (Å²) in [6.07, 6.45) is 25.6. The maximum atomic E-state index is 3.44. The van der Waals surface area contributed by atoms with Crippen LogP contribution in [0.5, 0.6) is 0 Å². The number of piperazine rings is 1. The van der Waals surface area contributed by atoms with Crippen molar-refractivity contribution in [1.82, 2.24) is 40.9 Å². The normalized spacial score (nSPS) is 23.8. The number of piperidine rings is 3. The van der Waals surface area contributed by atoms with Crippen LogP contribution in [0.15, 0.2) is 0 Å². The molecule has 8 fully saturated rings. The van der Waals surface area contributed by atoms with Crippen LogP contribution in [0.2, 0.25) is 0 Å². The fourth-order valence-corrected chi connectivity index (χ4v) is 12.3. The van der Waals surface area contributed by atoms with Crippen LogP contribution in [0.3, 0.4) is 0 Å². The van der Waals surface area contributed by atoms with Crippen LogP contribution in [0.25, 0.3) is 0 Å². The summed E-state index contributed by atoms with van der Waals surface area (Å²) in [6, 6.07) is 0. The first-order valence-electron chi connectivity index (χ1n) is 33.7. The summed E-state index contributed by atoms with van der Waals surface area (Å²) in [5.41, 5.74) is 3.74. The highest BCUT2D eigenvalue weighted by atomic mass is 15.2. The largest absolute Gasteiger partial charge is 0.317 e. The van der Waals surface area contributed by atoms with E-state index in [1.807, 2.05) is 0 Å². The maximum absolute atomic E-state index is 3.44. The predicted octanol–water partition coefficient (Wildman–Crippen LogP) is 16.4. The van der Waals surface area contributed by atoms with Gasteiger partial charge in [-0.1, -0.05) is 115 Å². The smallest absolute Gasteiger partial charge is 0.0126 e. The van der Waals surface area contributed by atoms with E-state index in [1.165, 1.54) is 201 Å². The first-order chi connectivity index (χ1) is 35.8. The van der Waals surface area contributed by atoms with Gasteiger partial charge in [-0.2, -0.15) is 0 Å². The maximum Gasteiger partial charge on any atom is 0.0126 e. The van der Waals surface area contributed by atoms with Crippen molar-refractivity contribution in [2.24, 2.45) is 45.3 Å². The molecule has 8 rings (SSSR count). The minimum atomic E-state index is 0.353. The van der Waals surface area contributed by atoms with Crippen molar-refractivity contribution in [2.45, 2.75) is 304 Å². The Balaban J connectivity index is 0.000000446. The van der Waals surface area contributed by atoms with Crippen molar-refractivity contribution in [3.8, 4) is 0 Å². The monoisotopic (exact) mass is 1100 g/mol. The van der Waals surface area contributed by atoms with Gasteiger partial charge >= 0.3 is 0 Å². The van der Waals surface area contributed by atoms with Gasteiger partial charge in [-0.05, 0) is 277 Å². The number of hydrogen-bond acceptors (Lipinski definition) is 8. The molecule has 0 aromatic carbocycles. The van der Waals surface area contributed by atoms with E-state index >= 15 is 0 Å². The first-order valence-corrected chi connectivity index (χ1v) is 33.7. The quantitative estimate of drug-likeness (QED) is 0.191. The van der Waals surface area contributed by atoms with Gasteiger partial charge in [0.15, 0.2) is 0 Å². The van der Waals surface area contributed by atoms with E-state index in [0.29, 0.717) is 43.8 Å². The van der Waals surface area contributed by atoms with Crippen molar-refractivity contribution in [3.05, 3.63) is 0 Å². The Labute approximate surface area is 492 Å². The molecule has 468 valence electrons. The van der Waals surface area contributed by atoms with Crippen molar-refractivity contribution in [3.63, 3.8) is 0 Å². The molecule has 0 aromatic heterocycles.